The van der Waals surface area contributed by atoms with E-state index in [0.717, 1.165) is 18.3 Å². The summed E-state index contributed by atoms with van der Waals surface area (Å²) in [4.78, 5) is 10.9. The highest BCUT2D eigenvalue weighted by Crippen LogP contribution is 2.46. The lowest BCUT2D eigenvalue weighted by atomic mass is 9.75. The largest absolute Gasteiger partial charge is 0.299 e. The Morgan fingerprint density at radius 1 is 1.50 bits per heavy atom. The third kappa shape index (κ3) is 1.03. The van der Waals surface area contributed by atoms with Crippen LogP contribution in [0.4, 0.5) is 0 Å². The maximum atomic E-state index is 10.9. The Kier molecular flexibility index (Phi) is 2.18. The molecular formula is C8H17BrO. The van der Waals surface area contributed by atoms with Crippen LogP contribution in [0.2, 0.25) is 0 Å². The molecule has 0 heterocycles. The zero-order chi connectivity index (χ0) is 6.43. The molecule has 10 heavy (non-hydrogen) atoms. The molecule has 1 nitrogen and oxygen atoms in total. The van der Waals surface area contributed by atoms with Crippen molar-refractivity contribution in [2.45, 2.75) is 26.2 Å². The quantitative estimate of drug-likeness (QED) is 0.599. The van der Waals surface area contributed by atoms with Gasteiger partial charge in [-0.3, -0.25) is 4.79 Å². The molecule has 0 bridgehead atoms. The van der Waals surface area contributed by atoms with Gasteiger partial charge in [-0.15, -0.1) is 17.0 Å². The summed E-state index contributed by atoms with van der Waals surface area (Å²) in [6.45, 7) is 2.26. The third-order valence-corrected chi connectivity index (χ3v) is 2.81. The zero-order valence-corrected chi connectivity index (χ0v) is 7.88. The van der Waals surface area contributed by atoms with Crippen LogP contribution in [0, 0.1) is 17.8 Å². The molecule has 0 N–H and O–H groups in total. The molecule has 0 amide bonds. The second kappa shape index (κ2) is 2.65. The van der Waals surface area contributed by atoms with E-state index in [0.29, 0.717) is 11.7 Å². The van der Waals surface area contributed by atoms with Gasteiger partial charge in [0.1, 0.15) is 5.78 Å². The molecule has 3 atom stereocenters. The highest BCUT2D eigenvalue weighted by Gasteiger charge is 2.45. The highest BCUT2D eigenvalue weighted by molar-refractivity contribution is 8.93. The maximum absolute atomic E-state index is 10.9. The molecule has 0 aromatic heterocycles. The first-order valence-electron chi connectivity index (χ1n) is 3.80. The van der Waals surface area contributed by atoms with Crippen molar-refractivity contribution >= 4 is 22.8 Å². The molecule has 0 spiro atoms. The number of halogens is 1. The monoisotopic (exact) mass is 208 g/mol. The van der Waals surface area contributed by atoms with Crippen LogP contribution in [0.15, 0.2) is 0 Å². The molecule has 0 aliphatic heterocycles. The lowest BCUT2D eigenvalue weighted by molar-refractivity contribution is -0.132. The zero-order valence-electron chi connectivity index (χ0n) is 6.17. The van der Waals surface area contributed by atoms with E-state index in [1.807, 2.05) is 0 Å². The summed E-state index contributed by atoms with van der Waals surface area (Å²) < 4.78 is 0. The van der Waals surface area contributed by atoms with Gasteiger partial charge in [0.25, 0.3) is 0 Å². The number of carbonyl (C=O) groups is 1. The molecule has 2 saturated carbocycles. The molecule has 0 radical (unpaired) electrons. The van der Waals surface area contributed by atoms with E-state index in [4.69, 9.17) is 0 Å². The standard InChI is InChI=1S/C8H12O.BrH.2H2/c1-5-2-6-4-8(9)7(6)3-5;;;/h5-7H,2-4H2,1H3;3*1H. The number of rotatable bonds is 0. The summed E-state index contributed by atoms with van der Waals surface area (Å²) in [5.41, 5.74) is 0. The first-order chi connectivity index (χ1) is 4.27. The topological polar surface area (TPSA) is 17.1 Å². The number of hydrogen-bond donors (Lipinski definition) is 0. The molecule has 62 valence electrons. The van der Waals surface area contributed by atoms with Gasteiger partial charge in [0.05, 0.1) is 0 Å². The molecule has 2 heteroatoms. The van der Waals surface area contributed by atoms with E-state index in [1.54, 1.807) is 0 Å². The molecule has 0 aromatic carbocycles. The number of Topliss-reactive ketones (excluding diaryl/α,β-unsaturated/α-hetero) is 1. The van der Waals surface area contributed by atoms with E-state index >= 15 is 0 Å². The third-order valence-electron chi connectivity index (χ3n) is 2.81. The normalized spacial score (nSPS) is 43.7. The fourth-order valence-corrected chi connectivity index (χ4v) is 2.27. The molecule has 0 saturated heterocycles. The number of fused-ring (bicyclic) bond motifs is 1. The van der Waals surface area contributed by atoms with Gasteiger partial charge in [0, 0.05) is 15.2 Å². The summed E-state index contributed by atoms with van der Waals surface area (Å²) in [6.07, 6.45) is 3.40. The Hall–Kier alpha value is 0.150. The minimum Gasteiger partial charge on any atom is -0.299 e. The van der Waals surface area contributed by atoms with E-state index in [-0.39, 0.29) is 19.8 Å². The van der Waals surface area contributed by atoms with Crippen molar-refractivity contribution in [1.82, 2.24) is 0 Å². The molecule has 0 aromatic rings. The van der Waals surface area contributed by atoms with Crippen LogP contribution in [0.25, 0.3) is 0 Å². The summed E-state index contributed by atoms with van der Waals surface area (Å²) in [5, 5.41) is 0. The SMILES string of the molecule is Br.CC1CC2CC(=O)C2C1.[HH].[HH]. The Bertz CT molecular complexity index is 163. The van der Waals surface area contributed by atoms with Crippen LogP contribution in [-0.2, 0) is 4.79 Å². The molecule has 2 aliphatic rings. The van der Waals surface area contributed by atoms with Crippen molar-refractivity contribution in [3.8, 4) is 0 Å². The first kappa shape index (κ1) is 8.25. The van der Waals surface area contributed by atoms with Crippen LogP contribution >= 0.6 is 17.0 Å². The number of ketones is 1. The Balaban J connectivity index is 0. The van der Waals surface area contributed by atoms with Gasteiger partial charge in [-0.05, 0) is 24.7 Å². The number of hydrogen-bond acceptors (Lipinski definition) is 1. The predicted octanol–water partition coefficient (Wildman–Crippen LogP) is 2.69. The van der Waals surface area contributed by atoms with Gasteiger partial charge in [-0.1, -0.05) is 6.92 Å². The Morgan fingerprint density at radius 2 is 2.20 bits per heavy atom. The average molecular weight is 209 g/mol. The maximum Gasteiger partial charge on any atom is 0.136 e. The van der Waals surface area contributed by atoms with Crippen molar-refractivity contribution in [2.24, 2.45) is 17.8 Å². The van der Waals surface area contributed by atoms with Crippen LogP contribution in [0.1, 0.15) is 29.0 Å². The highest BCUT2D eigenvalue weighted by atomic mass is 79.9. The van der Waals surface area contributed by atoms with Crippen molar-refractivity contribution in [2.75, 3.05) is 0 Å². The van der Waals surface area contributed by atoms with Crippen molar-refractivity contribution in [3.63, 3.8) is 0 Å². The van der Waals surface area contributed by atoms with Crippen LogP contribution in [-0.4, -0.2) is 5.78 Å². The summed E-state index contributed by atoms with van der Waals surface area (Å²) in [7, 11) is 0. The van der Waals surface area contributed by atoms with Gasteiger partial charge in [0.15, 0.2) is 0 Å². The van der Waals surface area contributed by atoms with Gasteiger partial charge < -0.3 is 0 Å². The van der Waals surface area contributed by atoms with Crippen molar-refractivity contribution in [1.29, 1.82) is 0 Å². The average Bonchev–Trinajstić information content (AvgIpc) is 2.08. The summed E-state index contributed by atoms with van der Waals surface area (Å²) in [6, 6.07) is 0. The molecule has 2 aliphatic carbocycles. The fraction of sp³-hybridized carbons (Fsp3) is 0.875. The van der Waals surface area contributed by atoms with Crippen LogP contribution in [0.3, 0.4) is 0 Å². The molecule has 2 fully saturated rings. The van der Waals surface area contributed by atoms with Gasteiger partial charge >= 0.3 is 0 Å². The minimum absolute atomic E-state index is 0. The van der Waals surface area contributed by atoms with Crippen molar-refractivity contribution in [3.05, 3.63) is 0 Å². The number of carbonyl (C=O) groups excluding carboxylic acids is 1. The second-order valence-corrected chi connectivity index (χ2v) is 3.61. The molecule has 3 unspecified atom stereocenters. The van der Waals surface area contributed by atoms with E-state index in [2.05, 4.69) is 6.92 Å². The molecular weight excluding hydrogens is 192 g/mol. The van der Waals surface area contributed by atoms with Crippen LogP contribution in [0.5, 0.6) is 0 Å². The lowest BCUT2D eigenvalue weighted by Crippen LogP contribution is -2.32. The smallest absolute Gasteiger partial charge is 0.136 e. The van der Waals surface area contributed by atoms with Gasteiger partial charge in [0.2, 0.25) is 0 Å². The van der Waals surface area contributed by atoms with Crippen molar-refractivity contribution < 1.29 is 7.65 Å². The summed E-state index contributed by atoms with van der Waals surface area (Å²) >= 11 is 0. The summed E-state index contributed by atoms with van der Waals surface area (Å²) in [5.74, 6) is 2.66. The van der Waals surface area contributed by atoms with E-state index in [1.165, 1.54) is 12.8 Å². The Morgan fingerprint density at radius 3 is 2.60 bits per heavy atom. The first-order valence-corrected chi connectivity index (χ1v) is 3.80. The van der Waals surface area contributed by atoms with Gasteiger partial charge in [-0.2, -0.15) is 0 Å². The lowest BCUT2D eigenvalue weighted by Gasteiger charge is -2.27. The minimum atomic E-state index is 0. The molecule has 2 rings (SSSR count). The predicted molar refractivity (Wildman–Crippen MR) is 49.6 cm³/mol. The van der Waals surface area contributed by atoms with E-state index < -0.39 is 0 Å². The second-order valence-electron chi connectivity index (χ2n) is 3.61. The Labute approximate surface area is 74.9 Å². The van der Waals surface area contributed by atoms with E-state index in [9.17, 15) is 4.79 Å². The fourth-order valence-electron chi connectivity index (χ4n) is 2.27. The van der Waals surface area contributed by atoms with Gasteiger partial charge in [-0.25, -0.2) is 0 Å². The van der Waals surface area contributed by atoms with Crippen LogP contribution < -0.4 is 0 Å².